The van der Waals surface area contributed by atoms with Gasteiger partial charge in [-0.3, -0.25) is 9.69 Å². The third kappa shape index (κ3) is 3.64. The highest BCUT2D eigenvalue weighted by Crippen LogP contribution is 2.24. The monoisotopic (exact) mass is 355 g/mol. The number of morpholine rings is 1. The van der Waals surface area contributed by atoms with E-state index in [0.717, 1.165) is 55.5 Å². The molecule has 0 aliphatic carbocycles. The van der Waals surface area contributed by atoms with Crippen LogP contribution in [0.15, 0.2) is 30.5 Å². The van der Waals surface area contributed by atoms with Crippen LogP contribution in [-0.4, -0.2) is 65.1 Å². The van der Waals surface area contributed by atoms with Crippen LogP contribution < -0.4 is 0 Å². The molecule has 2 saturated heterocycles. The molecule has 1 aromatic heterocycles. The predicted molar refractivity (Wildman–Crippen MR) is 103 cm³/mol. The maximum atomic E-state index is 13.0. The number of H-pyrrole nitrogens is 1. The van der Waals surface area contributed by atoms with Gasteiger partial charge in [-0.15, -0.1) is 0 Å². The minimum Gasteiger partial charge on any atom is -0.373 e. The molecule has 4 rings (SSSR count). The number of rotatable bonds is 4. The summed E-state index contributed by atoms with van der Waals surface area (Å²) in [6.07, 6.45) is 5.24. The van der Waals surface area contributed by atoms with Crippen LogP contribution in [0.1, 0.15) is 32.3 Å². The van der Waals surface area contributed by atoms with E-state index in [9.17, 15) is 4.79 Å². The molecule has 0 radical (unpaired) electrons. The van der Waals surface area contributed by atoms with Gasteiger partial charge in [0.15, 0.2) is 0 Å². The van der Waals surface area contributed by atoms with Gasteiger partial charge in [-0.2, -0.15) is 0 Å². The van der Waals surface area contributed by atoms with Gasteiger partial charge in [0.05, 0.1) is 18.6 Å². The lowest BCUT2D eigenvalue weighted by molar-refractivity contribution is -0.132. The molecule has 3 atom stereocenters. The van der Waals surface area contributed by atoms with Crippen molar-refractivity contribution in [2.75, 3.05) is 26.2 Å². The summed E-state index contributed by atoms with van der Waals surface area (Å²) in [5.74, 6) is 0.256. The van der Waals surface area contributed by atoms with E-state index in [0.29, 0.717) is 12.5 Å². The number of carbonyl (C=O) groups excluding carboxylic acids is 1. The molecular formula is C21H29N3O2. The molecule has 2 fully saturated rings. The predicted octanol–water partition coefficient (Wildman–Crippen LogP) is 2.81. The molecule has 0 saturated carbocycles. The van der Waals surface area contributed by atoms with Gasteiger partial charge in [0.2, 0.25) is 5.91 Å². The average Bonchev–Trinajstić information content (AvgIpc) is 3.21. The summed E-state index contributed by atoms with van der Waals surface area (Å²) >= 11 is 0. The normalized spacial score (nSPS) is 27.3. The van der Waals surface area contributed by atoms with Crippen molar-refractivity contribution in [2.24, 2.45) is 0 Å². The van der Waals surface area contributed by atoms with Crippen molar-refractivity contribution in [3.8, 4) is 0 Å². The summed E-state index contributed by atoms with van der Waals surface area (Å²) < 4.78 is 5.84. The van der Waals surface area contributed by atoms with Crippen LogP contribution in [0, 0.1) is 0 Å². The fourth-order valence-corrected chi connectivity index (χ4v) is 4.63. The van der Waals surface area contributed by atoms with E-state index in [4.69, 9.17) is 4.74 Å². The Bertz CT molecular complexity index is 761. The molecule has 2 aliphatic rings. The third-order valence-electron chi connectivity index (χ3n) is 5.68. The Labute approximate surface area is 155 Å². The van der Waals surface area contributed by atoms with Gasteiger partial charge in [-0.1, -0.05) is 18.2 Å². The van der Waals surface area contributed by atoms with Gasteiger partial charge in [-0.05, 0) is 38.3 Å². The molecule has 2 aromatic rings. The lowest BCUT2D eigenvalue weighted by Crippen LogP contribution is -2.51. The van der Waals surface area contributed by atoms with Crippen molar-refractivity contribution in [2.45, 2.75) is 51.4 Å². The van der Waals surface area contributed by atoms with E-state index >= 15 is 0 Å². The lowest BCUT2D eigenvalue weighted by Gasteiger charge is -2.38. The second-order valence-electron chi connectivity index (χ2n) is 7.90. The highest BCUT2D eigenvalue weighted by atomic mass is 16.5. The number of likely N-dealkylation sites (tertiary alicyclic amines) is 1. The Morgan fingerprint density at radius 3 is 2.81 bits per heavy atom. The number of aromatic amines is 1. The summed E-state index contributed by atoms with van der Waals surface area (Å²) in [6.45, 7) is 8.06. The first-order valence-electron chi connectivity index (χ1n) is 9.82. The maximum Gasteiger partial charge on any atom is 0.227 e. The number of carbonyl (C=O) groups is 1. The molecule has 5 heteroatoms. The number of benzene rings is 1. The second kappa shape index (κ2) is 7.41. The number of ether oxygens (including phenoxy) is 1. The van der Waals surface area contributed by atoms with Gasteiger partial charge in [0, 0.05) is 49.3 Å². The molecule has 2 aliphatic heterocycles. The van der Waals surface area contributed by atoms with Gasteiger partial charge in [-0.25, -0.2) is 0 Å². The van der Waals surface area contributed by atoms with Crippen LogP contribution in [0.2, 0.25) is 0 Å². The second-order valence-corrected chi connectivity index (χ2v) is 7.90. The summed E-state index contributed by atoms with van der Waals surface area (Å²) in [5, 5.41) is 1.16. The van der Waals surface area contributed by atoms with E-state index in [1.54, 1.807) is 0 Å². The molecule has 3 heterocycles. The average molecular weight is 355 g/mol. The minimum atomic E-state index is 0.256. The Kier molecular flexibility index (Phi) is 5.00. The Hall–Kier alpha value is -1.85. The number of hydrogen-bond donors (Lipinski definition) is 1. The molecule has 140 valence electrons. The van der Waals surface area contributed by atoms with E-state index in [1.165, 1.54) is 0 Å². The summed E-state index contributed by atoms with van der Waals surface area (Å²) in [4.78, 5) is 20.9. The van der Waals surface area contributed by atoms with Crippen molar-refractivity contribution >= 4 is 16.8 Å². The number of hydrogen-bond acceptors (Lipinski definition) is 3. The molecule has 26 heavy (non-hydrogen) atoms. The quantitative estimate of drug-likeness (QED) is 0.917. The Morgan fingerprint density at radius 1 is 1.23 bits per heavy atom. The lowest BCUT2D eigenvalue weighted by atomic mass is 10.1. The largest absolute Gasteiger partial charge is 0.373 e. The maximum absolute atomic E-state index is 13.0. The summed E-state index contributed by atoms with van der Waals surface area (Å²) in [7, 11) is 0. The number of aromatic nitrogens is 1. The van der Waals surface area contributed by atoms with Crippen LogP contribution in [0.4, 0.5) is 0 Å². The zero-order valence-corrected chi connectivity index (χ0v) is 15.8. The molecule has 3 unspecified atom stereocenters. The fraction of sp³-hybridized carbons (Fsp3) is 0.571. The standard InChI is InChI=1S/C21H29N3O2/c1-15-12-23(13-16(2)26-15)14-18-6-5-9-24(18)21(25)10-17-11-22-20-8-4-3-7-19(17)20/h3-4,7-8,11,15-16,18,22H,5-6,9-10,12-14H2,1-2H3. The number of fused-ring (bicyclic) bond motifs is 1. The van der Waals surface area contributed by atoms with E-state index in [1.807, 2.05) is 18.3 Å². The first-order chi connectivity index (χ1) is 12.6. The van der Waals surface area contributed by atoms with E-state index < -0.39 is 0 Å². The van der Waals surface area contributed by atoms with E-state index in [-0.39, 0.29) is 18.1 Å². The van der Waals surface area contributed by atoms with E-state index in [2.05, 4.69) is 40.8 Å². The van der Waals surface area contributed by atoms with Crippen LogP contribution >= 0.6 is 0 Å². The van der Waals surface area contributed by atoms with Crippen molar-refractivity contribution in [3.63, 3.8) is 0 Å². The first kappa shape index (κ1) is 17.6. The molecule has 5 nitrogen and oxygen atoms in total. The van der Waals surface area contributed by atoms with Gasteiger partial charge in [0.25, 0.3) is 0 Å². The molecular weight excluding hydrogens is 326 g/mol. The fourth-order valence-electron chi connectivity index (χ4n) is 4.63. The van der Waals surface area contributed by atoms with Gasteiger partial charge in [0.1, 0.15) is 0 Å². The zero-order valence-electron chi connectivity index (χ0n) is 15.8. The first-order valence-corrected chi connectivity index (χ1v) is 9.82. The Morgan fingerprint density at radius 2 is 2.00 bits per heavy atom. The van der Waals surface area contributed by atoms with Crippen LogP contribution in [0.25, 0.3) is 10.9 Å². The molecule has 0 bridgehead atoms. The zero-order chi connectivity index (χ0) is 18.1. The summed E-state index contributed by atoms with van der Waals surface area (Å²) in [6, 6.07) is 8.54. The number of nitrogens with one attached hydrogen (secondary N) is 1. The van der Waals surface area contributed by atoms with Crippen LogP contribution in [0.3, 0.4) is 0 Å². The minimum absolute atomic E-state index is 0.256. The van der Waals surface area contributed by atoms with Crippen molar-refractivity contribution in [1.29, 1.82) is 0 Å². The molecule has 1 aromatic carbocycles. The number of nitrogens with zero attached hydrogens (tertiary/aromatic N) is 2. The molecule has 1 N–H and O–H groups in total. The SMILES string of the molecule is CC1CN(CC2CCCN2C(=O)Cc2c[nH]c3ccccc23)CC(C)O1. The Balaban J connectivity index is 1.42. The number of amides is 1. The third-order valence-corrected chi connectivity index (χ3v) is 5.68. The van der Waals surface area contributed by atoms with Crippen molar-refractivity contribution in [1.82, 2.24) is 14.8 Å². The number of para-hydroxylation sites is 1. The topological polar surface area (TPSA) is 48.6 Å². The van der Waals surface area contributed by atoms with Crippen LogP contribution in [0.5, 0.6) is 0 Å². The van der Waals surface area contributed by atoms with Gasteiger partial charge < -0.3 is 14.6 Å². The molecule has 0 spiro atoms. The molecule has 1 amide bonds. The van der Waals surface area contributed by atoms with Crippen molar-refractivity contribution in [3.05, 3.63) is 36.0 Å². The van der Waals surface area contributed by atoms with Crippen molar-refractivity contribution < 1.29 is 9.53 Å². The highest BCUT2D eigenvalue weighted by Gasteiger charge is 2.32. The highest BCUT2D eigenvalue weighted by molar-refractivity contribution is 5.89. The summed E-state index contributed by atoms with van der Waals surface area (Å²) in [5.41, 5.74) is 2.20. The smallest absolute Gasteiger partial charge is 0.227 e. The van der Waals surface area contributed by atoms with Crippen LogP contribution in [-0.2, 0) is 16.0 Å². The van der Waals surface area contributed by atoms with Gasteiger partial charge >= 0.3 is 0 Å².